The Bertz CT molecular complexity index is 385. The molecule has 4 heteroatoms. The van der Waals surface area contributed by atoms with Gasteiger partial charge >= 0.3 is 0 Å². The van der Waals surface area contributed by atoms with Crippen LogP contribution in [0.5, 0.6) is 11.5 Å². The van der Waals surface area contributed by atoms with Crippen molar-refractivity contribution in [2.24, 2.45) is 5.73 Å². The van der Waals surface area contributed by atoms with Gasteiger partial charge in [0.15, 0.2) is 6.10 Å². The zero-order valence-corrected chi connectivity index (χ0v) is 9.56. The van der Waals surface area contributed by atoms with Crippen LogP contribution in [0.1, 0.15) is 18.9 Å². The van der Waals surface area contributed by atoms with Crippen LogP contribution in [0.4, 0.5) is 0 Å². The number of hydrogen-bond donors (Lipinski definition) is 1. The summed E-state index contributed by atoms with van der Waals surface area (Å²) in [7, 11) is 1.59. The highest BCUT2D eigenvalue weighted by molar-refractivity contribution is 5.41. The summed E-state index contributed by atoms with van der Waals surface area (Å²) in [5.74, 6) is 1.32. The summed E-state index contributed by atoms with van der Waals surface area (Å²) < 4.78 is 10.7. The predicted octanol–water partition coefficient (Wildman–Crippen LogP) is 1.83. The van der Waals surface area contributed by atoms with E-state index in [1.165, 1.54) is 0 Å². The van der Waals surface area contributed by atoms with Crippen LogP contribution in [0, 0.1) is 11.3 Å². The molecular formula is C12H16N2O2. The molecule has 86 valence electrons. The monoisotopic (exact) mass is 220 g/mol. The lowest BCUT2D eigenvalue weighted by Crippen LogP contribution is -2.14. The van der Waals surface area contributed by atoms with Crippen LogP contribution < -0.4 is 15.2 Å². The maximum absolute atomic E-state index is 8.84. The van der Waals surface area contributed by atoms with Crippen LogP contribution in [0.25, 0.3) is 0 Å². The first-order valence-electron chi connectivity index (χ1n) is 5.18. The first-order chi connectivity index (χ1) is 7.74. The molecule has 0 aromatic heterocycles. The quantitative estimate of drug-likeness (QED) is 0.822. The van der Waals surface area contributed by atoms with E-state index in [2.05, 4.69) is 6.07 Å². The number of methoxy groups -OCH3 is 1. The zero-order chi connectivity index (χ0) is 12.0. The molecule has 0 saturated heterocycles. The molecule has 0 heterocycles. The van der Waals surface area contributed by atoms with E-state index in [1.54, 1.807) is 13.2 Å². The van der Waals surface area contributed by atoms with Crippen LogP contribution in [-0.4, -0.2) is 13.2 Å². The van der Waals surface area contributed by atoms with Gasteiger partial charge in [0.2, 0.25) is 0 Å². The fourth-order valence-corrected chi connectivity index (χ4v) is 1.29. The first-order valence-corrected chi connectivity index (χ1v) is 5.18. The summed E-state index contributed by atoms with van der Waals surface area (Å²) in [6.45, 7) is 2.28. The predicted molar refractivity (Wildman–Crippen MR) is 61.2 cm³/mol. The van der Waals surface area contributed by atoms with E-state index in [0.29, 0.717) is 24.5 Å². The number of nitrogens with two attached hydrogens (primary N) is 1. The molecule has 1 rings (SSSR count). The summed E-state index contributed by atoms with van der Waals surface area (Å²) in [6.07, 6.45) is 0.190. The molecule has 16 heavy (non-hydrogen) atoms. The molecule has 0 radical (unpaired) electrons. The number of ether oxygens (including phenoxy) is 2. The van der Waals surface area contributed by atoms with E-state index in [1.807, 2.05) is 19.1 Å². The van der Waals surface area contributed by atoms with Gasteiger partial charge in [0.05, 0.1) is 7.11 Å². The second-order valence-electron chi connectivity index (χ2n) is 3.32. The molecule has 0 fully saturated rings. The Kier molecular flexibility index (Phi) is 4.62. The lowest BCUT2D eigenvalue weighted by Gasteiger charge is -2.14. The molecule has 0 amide bonds. The van der Waals surface area contributed by atoms with Crippen molar-refractivity contribution in [2.45, 2.75) is 26.0 Å². The lowest BCUT2D eigenvalue weighted by molar-refractivity contribution is 0.248. The molecule has 1 unspecified atom stereocenters. The van der Waals surface area contributed by atoms with E-state index in [-0.39, 0.29) is 0 Å². The molecule has 0 spiro atoms. The Morgan fingerprint density at radius 1 is 1.50 bits per heavy atom. The van der Waals surface area contributed by atoms with Crippen molar-refractivity contribution < 1.29 is 9.47 Å². The maximum Gasteiger partial charge on any atom is 0.184 e. The fraction of sp³-hybridized carbons (Fsp3) is 0.417. The second-order valence-corrected chi connectivity index (χ2v) is 3.32. The van der Waals surface area contributed by atoms with Gasteiger partial charge in [-0.2, -0.15) is 5.26 Å². The van der Waals surface area contributed by atoms with Gasteiger partial charge in [0.1, 0.15) is 17.6 Å². The number of rotatable bonds is 5. The summed E-state index contributed by atoms with van der Waals surface area (Å²) in [6, 6.07) is 7.50. The Labute approximate surface area is 95.6 Å². The highest BCUT2D eigenvalue weighted by Crippen LogP contribution is 2.25. The van der Waals surface area contributed by atoms with Crippen molar-refractivity contribution in [1.29, 1.82) is 5.26 Å². The minimum Gasteiger partial charge on any atom is -0.497 e. The molecular weight excluding hydrogens is 204 g/mol. The molecule has 0 aliphatic rings. The van der Waals surface area contributed by atoms with E-state index < -0.39 is 6.10 Å². The van der Waals surface area contributed by atoms with Gasteiger partial charge in [-0.15, -0.1) is 0 Å². The minimum atomic E-state index is -0.447. The molecule has 0 aliphatic carbocycles. The molecule has 4 nitrogen and oxygen atoms in total. The molecule has 0 bridgehead atoms. The zero-order valence-electron chi connectivity index (χ0n) is 9.56. The highest BCUT2D eigenvalue weighted by atomic mass is 16.5. The normalized spacial score (nSPS) is 11.6. The number of hydrogen-bond acceptors (Lipinski definition) is 4. The minimum absolute atomic E-state index is 0.376. The van der Waals surface area contributed by atoms with Crippen LogP contribution in [0.3, 0.4) is 0 Å². The average molecular weight is 220 g/mol. The third-order valence-electron chi connectivity index (χ3n) is 2.28. The molecule has 1 atom stereocenters. The molecule has 1 aromatic rings. The van der Waals surface area contributed by atoms with Crippen molar-refractivity contribution in [3.8, 4) is 17.6 Å². The Morgan fingerprint density at radius 3 is 2.75 bits per heavy atom. The van der Waals surface area contributed by atoms with Gasteiger partial charge in [0, 0.05) is 18.2 Å². The van der Waals surface area contributed by atoms with Gasteiger partial charge in [-0.1, -0.05) is 13.0 Å². The van der Waals surface area contributed by atoms with E-state index in [0.717, 1.165) is 5.56 Å². The SMILES string of the molecule is CCC(C#N)Oc1cc(OC)ccc1CN. The van der Waals surface area contributed by atoms with Crippen LogP contribution >= 0.6 is 0 Å². The largest absolute Gasteiger partial charge is 0.497 e. The Balaban J connectivity index is 2.95. The lowest BCUT2D eigenvalue weighted by atomic mass is 10.2. The maximum atomic E-state index is 8.84. The highest BCUT2D eigenvalue weighted by Gasteiger charge is 2.10. The summed E-state index contributed by atoms with van der Waals surface area (Å²) in [5, 5.41) is 8.84. The topological polar surface area (TPSA) is 68.3 Å². The number of benzene rings is 1. The van der Waals surface area contributed by atoms with Gasteiger partial charge in [-0.25, -0.2) is 0 Å². The summed E-state index contributed by atoms with van der Waals surface area (Å²) in [5.41, 5.74) is 6.47. The second kappa shape index (κ2) is 5.99. The third-order valence-corrected chi connectivity index (χ3v) is 2.28. The number of nitriles is 1. The number of nitrogens with zero attached hydrogens (tertiary/aromatic N) is 1. The third kappa shape index (κ3) is 2.88. The first kappa shape index (κ1) is 12.3. The Morgan fingerprint density at radius 2 is 2.25 bits per heavy atom. The van der Waals surface area contributed by atoms with Crippen molar-refractivity contribution in [2.75, 3.05) is 7.11 Å². The Hall–Kier alpha value is -1.73. The van der Waals surface area contributed by atoms with E-state index in [9.17, 15) is 0 Å². The van der Waals surface area contributed by atoms with Crippen molar-refractivity contribution >= 4 is 0 Å². The average Bonchev–Trinajstić information content (AvgIpc) is 2.35. The summed E-state index contributed by atoms with van der Waals surface area (Å²) in [4.78, 5) is 0. The van der Waals surface area contributed by atoms with Crippen LogP contribution in [0.2, 0.25) is 0 Å². The van der Waals surface area contributed by atoms with Crippen LogP contribution in [-0.2, 0) is 6.54 Å². The van der Waals surface area contributed by atoms with Gasteiger partial charge in [-0.05, 0) is 12.5 Å². The van der Waals surface area contributed by atoms with Crippen molar-refractivity contribution in [1.82, 2.24) is 0 Å². The van der Waals surface area contributed by atoms with Gasteiger partial charge in [0.25, 0.3) is 0 Å². The molecule has 1 aromatic carbocycles. The van der Waals surface area contributed by atoms with Gasteiger partial charge in [-0.3, -0.25) is 0 Å². The van der Waals surface area contributed by atoms with Gasteiger partial charge < -0.3 is 15.2 Å². The fourth-order valence-electron chi connectivity index (χ4n) is 1.29. The van der Waals surface area contributed by atoms with Crippen molar-refractivity contribution in [3.63, 3.8) is 0 Å². The van der Waals surface area contributed by atoms with Crippen molar-refractivity contribution in [3.05, 3.63) is 23.8 Å². The molecule has 0 saturated carbocycles. The van der Waals surface area contributed by atoms with Crippen LogP contribution in [0.15, 0.2) is 18.2 Å². The molecule has 0 aliphatic heterocycles. The van der Waals surface area contributed by atoms with E-state index >= 15 is 0 Å². The van der Waals surface area contributed by atoms with E-state index in [4.69, 9.17) is 20.5 Å². The molecule has 2 N–H and O–H groups in total. The summed E-state index contributed by atoms with van der Waals surface area (Å²) >= 11 is 0. The standard InChI is InChI=1S/C12H16N2O2/c1-3-10(8-14)16-12-6-11(15-2)5-4-9(12)7-13/h4-6,10H,3,7,13H2,1-2H3. The smallest absolute Gasteiger partial charge is 0.184 e.